The van der Waals surface area contributed by atoms with Crippen LogP contribution in [-0.2, 0) is 0 Å². The Morgan fingerprint density at radius 1 is 1.43 bits per heavy atom. The van der Waals surface area contributed by atoms with Gasteiger partial charge in [0.15, 0.2) is 0 Å². The zero-order chi connectivity index (χ0) is 10.7. The van der Waals surface area contributed by atoms with E-state index in [4.69, 9.17) is 0 Å². The van der Waals surface area contributed by atoms with Gasteiger partial charge in [-0.05, 0) is 48.1 Å². The van der Waals surface area contributed by atoms with E-state index in [1.807, 2.05) is 0 Å². The average Bonchev–Trinajstić information content (AvgIpc) is 2.08. The molecule has 0 nitrogen and oxygen atoms in total. The summed E-state index contributed by atoms with van der Waals surface area (Å²) in [6.45, 7) is 4.77. The van der Waals surface area contributed by atoms with Gasteiger partial charge in [0.1, 0.15) is 0 Å². The van der Waals surface area contributed by atoms with Crippen molar-refractivity contribution in [3.8, 4) is 0 Å². The van der Waals surface area contributed by atoms with Gasteiger partial charge in [0.2, 0.25) is 0 Å². The number of hydrogen-bond donors (Lipinski definition) is 0. The lowest BCUT2D eigenvalue weighted by Gasteiger charge is -2.48. The molecule has 0 heterocycles. The van der Waals surface area contributed by atoms with Crippen LogP contribution in [-0.4, -0.2) is 17.5 Å². The van der Waals surface area contributed by atoms with Gasteiger partial charge in [0.05, 0.1) is 0 Å². The Morgan fingerprint density at radius 2 is 2.07 bits per heavy atom. The van der Waals surface area contributed by atoms with Crippen LogP contribution < -0.4 is 0 Å². The summed E-state index contributed by atoms with van der Waals surface area (Å²) in [4.78, 5) is 0. The molecule has 1 aliphatic rings. The van der Waals surface area contributed by atoms with Crippen molar-refractivity contribution < 1.29 is 0 Å². The quantitative estimate of drug-likeness (QED) is 0.668. The van der Waals surface area contributed by atoms with E-state index in [2.05, 4.69) is 41.3 Å². The van der Waals surface area contributed by atoms with Crippen molar-refractivity contribution in [2.45, 2.75) is 38.0 Å². The van der Waals surface area contributed by atoms with Gasteiger partial charge in [0, 0.05) is 0 Å². The van der Waals surface area contributed by atoms with Crippen LogP contribution in [0.4, 0.5) is 0 Å². The molecule has 0 aromatic rings. The van der Waals surface area contributed by atoms with Crippen molar-refractivity contribution in [3.05, 3.63) is 0 Å². The molecule has 0 bridgehead atoms. The summed E-state index contributed by atoms with van der Waals surface area (Å²) in [6, 6.07) is 0. The van der Waals surface area contributed by atoms with Crippen molar-refractivity contribution in [3.63, 3.8) is 0 Å². The normalized spacial score (nSPS) is 37.1. The molecule has 0 N–H and O–H groups in total. The molecular weight excluding hydrogens is 244 g/mol. The Balaban J connectivity index is 2.37. The van der Waals surface area contributed by atoms with Crippen molar-refractivity contribution >= 4 is 35.7 Å². The first-order valence-corrected chi connectivity index (χ1v) is 9.87. The van der Waals surface area contributed by atoms with E-state index in [-0.39, 0.29) is 0 Å². The molecule has 0 radical (unpaired) electrons. The summed E-state index contributed by atoms with van der Waals surface area (Å²) < 4.78 is 0. The molecular formula is C10H24P4. The van der Waals surface area contributed by atoms with E-state index in [0.717, 1.165) is 37.3 Å². The van der Waals surface area contributed by atoms with Gasteiger partial charge in [0.25, 0.3) is 0 Å². The second-order valence-electron chi connectivity index (χ2n) is 4.72. The first kappa shape index (κ1) is 13.8. The molecule has 0 amide bonds. The Bertz CT molecular complexity index is 167. The third-order valence-corrected chi connectivity index (χ3v) is 6.29. The Labute approximate surface area is 97.8 Å². The smallest absolute Gasteiger partial charge is 0.0229 e. The predicted octanol–water partition coefficient (Wildman–Crippen LogP) is 3.62. The Morgan fingerprint density at radius 3 is 2.50 bits per heavy atom. The first-order valence-electron chi connectivity index (χ1n) is 5.52. The van der Waals surface area contributed by atoms with Gasteiger partial charge in [-0.1, -0.05) is 13.8 Å². The third kappa shape index (κ3) is 3.36. The average molecular weight is 268 g/mol. The van der Waals surface area contributed by atoms with Crippen LogP contribution in [0.15, 0.2) is 0 Å². The minimum Gasteiger partial charge on any atom is -0.134 e. The van der Waals surface area contributed by atoms with Gasteiger partial charge >= 0.3 is 0 Å². The standard InChI is InChI=1S/C10H24P4/c1-6-5-8(10(6)7(2)11)9(12)3-4-14-13/h6-10,14H,3-5,11-13H2,1-2H3. The summed E-state index contributed by atoms with van der Waals surface area (Å²) in [5.41, 5.74) is 1.66. The van der Waals surface area contributed by atoms with Crippen LogP contribution in [0.2, 0.25) is 0 Å². The molecule has 1 fully saturated rings. The molecule has 14 heavy (non-hydrogen) atoms. The van der Waals surface area contributed by atoms with Gasteiger partial charge < -0.3 is 0 Å². The molecule has 0 spiro atoms. The van der Waals surface area contributed by atoms with Crippen LogP contribution in [0.3, 0.4) is 0 Å². The van der Waals surface area contributed by atoms with E-state index in [1.165, 1.54) is 19.0 Å². The highest BCUT2D eigenvalue weighted by molar-refractivity contribution is 8.02. The lowest BCUT2D eigenvalue weighted by atomic mass is 9.62. The minimum absolute atomic E-state index is 0.797. The molecule has 1 aliphatic carbocycles. The van der Waals surface area contributed by atoms with Gasteiger partial charge in [-0.3, -0.25) is 0 Å². The maximum atomic E-state index is 3.09. The largest absolute Gasteiger partial charge is 0.134 e. The predicted molar refractivity (Wildman–Crippen MR) is 80.9 cm³/mol. The summed E-state index contributed by atoms with van der Waals surface area (Å²) in [7, 11) is 9.99. The second kappa shape index (κ2) is 6.45. The number of rotatable bonds is 5. The molecule has 4 heteroatoms. The molecule has 0 aromatic carbocycles. The highest BCUT2D eigenvalue weighted by Crippen LogP contribution is 2.49. The zero-order valence-corrected chi connectivity index (χ0v) is 13.7. The fourth-order valence-corrected chi connectivity index (χ4v) is 5.38. The van der Waals surface area contributed by atoms with E-state index >= 15 is 0 Å². The third-order valence-electron chi connectivity index (χ3n) is 3.57. The molecule has 0 aromatic heterocycles. The van der Waals surface area contributed by atoms with Gasteiger partial charge in [-0.15, -0.1) is 35.7 Å². The Hall–Kier alpha value is 1.72. The fourth-order valence-electron chi connectivity index (χ4n) is 2.80. The van der Waals surface area contributed by atoms with Crippen molar-refractivity contribution in [2.24, 2.45) is 17.8 Å². The van der Waals surface area contributed by atoms with Crippen molar-refractivity contribution in [1.29, 1.82) is 0 Å². The lowest BCUT2D eigenvalue weighted by Crippen LogP contribution is -2.44. The van der Waals surface area contributed by atoms with Gasteiger partial charge in [-0.2, -0.15) is 0 Å². The fraction of sp³-hybridized carbons (Fsp3) is 1.00. The van der Waals surface area contributed by atoms with E-state index < -0.39 is 0 Å². The van der Waals surface area contributed by atoms with Crippen LogP contribution in [0.1, 0.15) is 26.7 Å². The highest BCUT2D eigenvalue weighted by Gasteiger charge is 2.42. The summed E-state index contributed by atoms with van der Waals surface area (Å²) in [5.74, 6) is 2.88. The van der Waals surface area contributed by atoms with Crippen molar-refractivity contribution in [1.82, 2.24) is 0 Å². The summed E-state index contributed by atoms with van der Waals surface area (Å²) >= 11 is 0. The zero-order valence-electron chi connectivity index (χ0n) is 9.24. The van der Waals surface area contributed by atoms with E-state index in [1.54, 1.807) is 0 Å². The van der Waals surface area contributed by atoms with Gasteiger partial charge in [-0.25, -0.2) is 0 Å². The second-order valence-corrected chi connectivity index (χ2v) is 8.76. The molecule has 9 atom stereocenters. The van der Waals surface area contributed by atoms with Crippen LogP contribution in [0.25, 0.3) is 0 Å². The van der Waals surface area contributed by atoms with E-state index in [0.29, 0.717) is 0 Å². The molecule has 84 valence electrons. The van der Waals surface area contributed by atoms with Crippen LogP contribution in [0, 0.1) is 17.8 Å². The molecule has 0 aliphatic heterocycles. The Kier molecular flexibility index (Phi) is 6.35. The first-order chi connectivity index (χ1) is 6.57. The number of hydrogen-bond acceptors (Lipinski definition) is 0. The molecule has 9 unspecified atom stereocenters. The highest BCUT2D eigenvalue weighted by atomic mass is 32.0. The maximum Gasteiger partial charge on any atom is -0.0229 e. The molecule has 1 saturated carbocycles. The van der Waals surface area contributed by atoms with Crippen LogP contribution >= 0.6 is 35.7 Å². The minimum atomic E-state index is 0.797. The molecule has 1 rings (SSSR count). The topological polar surface area (TPSA) is 0 Å². The summed E-state index contributed by atoms with van der Waals surface area (Å²) in [5, 5.41) is 0. The SMILES string of the molecule is CC(P)C1C(C)CC1C(P)CCPP. The van der Waals surface area contributed by atoms with Crippen molar-refractivity contribution in [2.75, 3.05) is 6.16 Å². The maximum absolute atomic E-state index is 3.09. The molecule has 0 saturated heterocycles. The lowest BCUT2D eigenvalue weighted by molar-refractivity contribution is 0.0836. The monoisotopic (exact) mass is 268 g/mol. The van der Waals surface area contributed by atoms with E-state index in [9.17, 15) is 0 Å². The van der Waals surface area contributed by atoms with Crippen LogP contribution in [0.5, 0.6) is 0 Å². The summed E-state index contributed by atoms with van der Waals surface area (Å²) in [6.07, 6.45) is 4.25.